The van der Waals surface area contributed by atoms with Gasteiger partial charge in [0.25, 0.3) is 5.91 Å². The summed E-state index contributed by atoms with van der Waals surface area (Å²) in [4.78, 5) is 12.4. The molecule has 1 saturated carbocycles. The summed E-state index contributed by atoms with van der Waals surface area (Å²) in [5.41, 5.74) is 1.96. The number of aliphatic hydroxyl groups is 1. The zero-order valence-electron chi connectivity index (χ0n) is 13.7. The van der Waals surface area contributed by atoms with Gasteiger partial charge in [0.15, 0.2) is 5.69 Å². The first-order valence-corrected chi connectivity index (χ1v) is 8.70. The first-order chi connectivity index (χ1) is 11.5. The lowest BCUT2D eigenvalue weighted by atomic mass is 9.87. The maximum absolute atomic E-state index is 12.4. The number of aromatic nitrogens is 2. The summed E-state index contributed by atoms with van der Waals surface area (Å²) in [5, 5.41) is 17.6. The van der Waals surface area contributed by atoms with Gasteiger partial charge in [-0.25, -0.2) is 4.68 Å². The van der Waals surface area contributed by atoms with E-state index in [4.69, 9.17) is 11.6 Å². The Labute approximate surface area is 146 Å². The van der Waals surface area contributed by atoms with Crippen molar-refractivity contribution in [2.24, 2.45) is 5.92 Å². The van der Waals surface area contributed by atoms with Crippen molar-refractivity contribution in [1.82, 2.24) is 15.1 Å². The van der Waals surface area contributed by atoms with Crippen molar-refractivity contribution in [2.75, 3.05) is 6.54 Å². The van der Waals surface area contributed by atoms with Gasteiger partial charge in [-0.1, -0.05) is 30.2 Å². The molecule has 24 heavy (non-hydrogen) atoms. The minimum absolute atomic E-state index is 0.182. The Morgan fingerprint density at radius 3 is 2.96 bits per heavy atom. The van der Waals surface area contributed by atoms with Crippen LogP contribution in [-0.4, -0.2) is 33.4 Å². The number of benzene rings is 1. The largest absolute Gasteiger partial charge is 0.393 e. The number of amides is 1. The second kappa shape index (κ2) is 7.36. The first kappa shape index (κ1) is 17.0. The van der Waals surface area contributed by atoms with Crippen molar-refractivity contribution >= 4 is 17.5 Å². The highest BCUT2D eigenvalue weighted by Crippen LogP contribution is 2.24. The van der Waals surface area contributed by atoms with Crippen LogP contribution in [0.4, 0.5) is 0 Å². The van der Waals surface area contributed by atoms with Crippen LogP contribution in [0, 0.1) is 12.8 Å². The van der Waals surface area contributed by atoms with E-state index in [1.807, 2.05) is 25.1 Å². The van der Waals surface area contributed by atoms with E-state index in [9.17, 15) is 9.90 Å². The number of aryl methyl sites for hydroxylation is 1. The van der Waals surface area contributed by atoms with Crippen molar-refractivity contribution in [1.29, 1.82) is 0 Å². The third-order valence-corrected chi connectivity index (χ3v) is 4.84. The zero-order valence-corrected chi connectivity index (χ0v) is 14.5. The molecule has 6 heteroatoms. The van der Waals surface area contributed by atoms with Crippen LogP contribution in [0.5, 0.6) is 0 Å². The van der Waals surface area contributed by atoms with Crippen LogP contribution in [0.25, 0.3) is 5.69 Å². The molecule has 0 radical (unpaired) electrons. The maximum Gasteiger partial charge on any atom is 0.272 e. The fraction of sp³-hybridized carbons (Fsp3) is 0.444. The number of hydrogen-bond acceptors (Lipinski definition) is 3. The van der Waals surface area contributed by atoms with Gasteiger partial charge in [0.1, 0.15) is 0 Å². The van der Waals surface area contributed by atoms with E-state index >= 15 is 0 Å². The summed E-state index contributed by atoms with van der Waals surface area (Å²) < 4.78 is 1.64. The average Bonchev–Trinajstić information content (AvgIpc) is 2.95. The number of rotatable bonds is 4. The van der Waals surface area contributed by atoms with E-state index in [1.54, 1.807) is 16.9 Å². The molecule has 3 rings (SSSR count). The van der Waals surface area contributed by atoms with E-state index < -0.39 is 0 Å². The molecule has 5 nitrogen and oxygen atoms in total. The molecule has 128 valence electrons. The third-order valence-electron chi connectivity index (χ3n) is 4.52. The zero-order chi connectivity index (χ0) is 17.1. The number of aliphatic hydroxyl groups excluding tert-OH is 1. The molecule has 1 aromatic carbocycles. The molecule has 0 aliphatic heterocycles. The Kier molecular flexibility index (Phi) is 5.21. The Hall–Kier alpha value is -1.85. The molecule has 2 N–H and O–H groups in total. The molecule has 1 fully saturated rings. The Morgan fingerprint density at radius 2 is 2.21 bits per heavy atom. The molecule has 0 spiro atoms. The number of hydrogen-bond donors (Lipinski definition) is 2. The summed E-state index contributed by atoms with van der Waals surface area (Å²) in [7, 11) is 0. The van der Waals surface area contributed by atoms with Crippen LogP contribution >= 0.6 is 11.6 Å². The van der Waals surface area contributed by atoms with Crippen LogP contribution in [0.15, 0.2) is 30.5 Å². The van der Waals surface area contributed by atoms with Gasteiger partial charge in [-0.15, -0.1) is 0 Å². The molecule has 1 heterocycles. The minimum atomic E-state index is -0.234. The number of para-hydroxylation sites is 1. The predicted molar refractivity (Wildman–Crippen MR) is 93.6 cm³/mol. The summed E-state index contributed by atoms with van der Waals surface area (Å²) in [6.07, 6.45) is 5.26. The monoisotopic (exact) mass is 347 g/mol. The van der Waals surface area contributed by atoms with Crippen LogP contribution in [0.3, 0.4) is 0 Å². The van der Waals surface area contributed by atoms with Gasteiger partial charge in [0, 0.05) is 18.3 Å². The van der Waals surface area contributed by atoms with Gasteiger partial charge in [-0.2, -0.15) is 5.10 Å². The molecule has 0 bridgehead atoms. The normalized spacial score (nSPS) is 20.8. The molecule has 0 saturated heterocycles. The standard InChI is InChI=1S/C18H22ClN3O2/c1-12-11-22(16-8-3-2-7-15(16)19)21-17(12)18(24)20-10-13-5-4-6-14(23)9-13/h2-3,7-8,11,13-14,23H,4-6,9-10H2,1H3,(H,20,24). The van der Waals surface area contributed by atoms with Crippen LogP contribution in [0.2, 0.25) is 5.02 Å². The van der Waals surface area contributed by atoms with Crippen LogP contribution in [-0.2, 0) is 0 Å². The number of halogens is 1. The lowest BCUT2D eigenvalue weighted by molar-refractivity contribution is 0.0869. The van der Waals surface area contributed by atoms with Crippen molar-refractivity contribution < 1.29 is 9.90 Å². The van der Waals surface area contributed by atoms with E-state index in [1.165, 1.54) is 0 Å². The van der Waals surface area contributed by atoms with Crippen molar-refractivity contribution in [2.45, 2.75) is 38.7 Å². The highest BCUT2D eigenvalue weighted by molar-refractivity contribution is 6.32. The third kappa shape index (κ3) is 3.79. The van der Waals surface area contributed by atoms with Crippen molar-refractivity contribution in [3.05, 3.63) is 46.7 Å². The molecule has 2 aromatic rings. The van der Waals surface area contributed by atoms with Gasteiger partial charge in [0.05, 0.1) is 16.8 Å². The number of carbonyl (C=O) groups excluding carboxylic acids is 1. The quantitative estimate of drug-likeness (QED) is 0.893. The van der Waals surface area contributed by atoms with Gasteiger partial charge >= 0.3 is 0 Å². The lowest BCUT2D eigenvalue weighted by Crippen LogP contribution is -2.33. The Balaban J connectivity index is 1.68. The molecule has 1 aliphatic carbocycles. The molecule has 1 aromatic heterocycles. The molecular formula is C18H22ClN3O2. The van der Waals surface area contributed by atoms with Crippen LogP contribution in [0.1, 0.15) is 41.7 Å². The summed E-state index contributed by atoms with van der Waals surface area (Å²) in [6.45, 7) is 2.44. The molecular weight excluding hydrogens is 326 g/mol. The van der Waals surface area contributed by atoms with E-state index in [2.05, 4.69) is 10.4 Å². The van der Waals surface area contributed by atoms with Gasteiger partial charge in [-0.05, 0) is 44.2 Å². The SMILES string of the molecule is Cc1cn(-c2ccccc2Cl)nc1C(=O)NCC1CCCC(O)C1. The summed E-state index contributed by atoms with van der Waals surface area (Å²) in [6, 6.07) is 7.39. The van der Waals surface area contributed by atoms with Crippen molar-refractivity contribution in [3.8, 4) is 5.69 Å². The van der Waals surface area contributed by atoms with Gasteiger partial charge < -0.3 is 10.4 Å². The fourth-order valence-electron chi connectivity index (χ4n) is 3.21. The maximum atomic E-state index is 12.4. The number of nitrogens with one attached hydrogen (secondary N) is 1. The minimum Gasteiger partial charge on any atom is -0.393 e. The Bertz CT molecular complexity index is 729. The second-order valence-electron chi connectivity index (χ2n) is 6.45. The summed E-state index contributed by atoms with van der Waals surface area (Å²) >= 11 is 6.19. The van der Waals surface area contributed by atoms with Gasteiger partial charge in [0.2, 0.25) is 0 Å². The highest BCUT2D eigenvalue weighted by atomic mass is 35.5. The lowest BCUT2D eigenvalue weighted by Gasteiger charge is -2.25. The average molecular weight is 348 g/mol. The molecule has 1 aliphatic rings. The van der Waals surface area contributed by atoms with Crippen LogP contribution < -0.4 is 5.32 Å². The van der Waals surface area contributed by atoms with E-state index in [0.717, 1.165) is 36.9 Å². The molecule has 2 atom stereocenters. The molecule has 2 unspecified atom stereocenters. The smallest absolute Gasteiger partial charge is 0.272 e. The fourth-order valence-corrected chi connectivity index (χ4v) is 3.44. The predicted octanol–water partition coefficient (Wildman–Crippen LogP) is 3.12. The summed E-state index contributed by atoms with van der Waals surface area (Å²) in [5.74, 6) is 0.155. The Morgan fingerprint density at radius 1 is 1.42 bits per heavy atom. The molecule has 1 amide bonds. The second-order valence-corrected chi connectivity index (χ2v) is 6.86. The highest BCUT2D eigenvalue weighted by Gasteiger charge is 2.22. The first-order valence-electron chi connectivity index (χ1n) is 8.32. The number of carbonyl (C=O) groups is 1. The van der Waals surface area contributed by atoms with Crippen molar-refractivity contribution in [3.63, 3.8) is 0 Å². The van der Waals surface area contributed by atoms with Gasteiger partial charge in [-0.3, -0.25) is 4.79 Å². The number of nitrogens with zero attached hydrogens (tertiary/aromatic N) is 2. The van der Waals surface area contributed by atoms with E-state index in [-0.39, 0.29) is 12.0 Å². The topological polar surface area (TPSA) is 67.2 Å². The van der Waals surface area contributed by atoms with E-state index in [0.29, 0.717) is 23.2 Å².